The van der Waals surface area contributed by atoms with E-state index in [1.54, 1.807) is 0 Å². The number of carbonyl (C=O) groups excluding carboxylic acids is 1. The second-order valence-electron chi connectivity index (χ2n) is 9.51. The molecular formula is C25H34N4O4. The molecule has 1 aromatic carbocycles. The average Bonchev–Trinajstić information content (AvgIpc) is 3.30. The quantitative estimate of drug-likeness (QED) is 0.661. The van der Waals surface area contributed by atoms with E-state index in [-0.39, 0.29) is 36.6 Å². The highest BCUT2D eigenvalue weighted by Gasteiger charge is 2.35. The van der Waals surface area contributed by atoms with Gasteiger partial charge in [-0.2, -0.15) is 0 Å². The van der Waals surface area contributed by atoms with Gasteiger partial charge in [0.2, 0.25) is 5.91 Å². The van der Waals surface area contributed by atoms with E-state index < -0.39 is 5.60 Å². The Balaban J connectivity index is 1.33. The molecule has 0 radical (unpaired) electrons. The van der Waals surface area contributed by atoms with Crippen molar-refractivity contribution < 1.29 is 15.0 Å². The first-order valence-corrected chi connectivity index (χ1v) is 11.9. The monoisotopic (exact) mass is 454 g/mol. The van der Waals surface area contributed by atoms with Gasteiger partial charge in [-0.3, -0.25) is 14.2 Å². The van der Waals surface area contributed by atoms with Gasteiger partial charge in [0.1, 0.15) is 5.82 Å². The topological polar surface area (TPSA) is 98.9 Å². The van der Waals surface area contributed by atoms with Crippen molar-refractivity contribution in [2.45, 2.75) is 63.1 Å². The van der Waals surface area contributed by atoms with Gasteiger partial charge in [0.05, 0.1) is 31.1 Å². The van der Waals surface area contributed by atoms with Crippen molar-refractivity contribution in [2.24, 2.45) is 0 Å². The van der Waals surface area contributed by atoms with Gasteiger partial charge < -0.3 is 20.0 Å². The summed E-state index contributed by atoms with van der Waals surface area (Å²) in [7, 11) is 0. The van der Waals surface area contributed by atoms with Crippen LogP contribution in [0.1, 0.15) is 50.5 Å². The molecule has 3 heterocycles. The fourth-order valence-electron chi connectivity index (χ4n) is 4.96. The van der Waals surface area contributed by atoms with Gasteiger partial charge in [0.25, 0.3) is 5.56 Å². The number of rotatable bonds is 7. The second kappa shape index (κ2) is 10.1. The molecule has 2 aliphatic rings. The Labute approximate surface area is 194 Å². The van der Waals surface area contributed by atoms with Crippen LogP contribution >= 0.6 is 0 Å². The van der Waals surface area contributed by atoms with Crippen molar-refractivity contribution in [3.8, 4) is 0 Å². The van der Waals surface area contributed by atoms with Gasteiger partial charge in [-0.15, -0.1) is 0 Å². The van der Waals surface area contributed by atoms with Crippen LogP contribution < -0.4 is 10.5 Å². The number of piperidine rings is 1. The molecule has 0 saturated carbocycles. The summed E-state index contributed by atoms with van der Waals surface area (Å²) in [5.74, 6) is 0.817. The first-order chi connectivity index (χ1) is 15.9. The summed E-state index contributed by atoms with van der Waals surface area (Å²) in [5, 5.41) is 20.6. The lowest BCUT2D eigenvalue weighted by Crippen LogP contribution is -2.49. The summed E-state index contributed by atoms with van der Waals surface area (Å²) in [6.07, 6.45) is 4.63. The van der Waals surface area contributed by atoms with Gasteiger partial charge in [-0.05, 0) is 37.2 Å². The predicted octanol–water partition coefficient (Wildman–Crippen LogP) is 1.75. The molecule has 33 heavy (non-hydrogen) atoms. The van der Waals surface area contributed by atoms with Crippen molar-refractivity contribution in [1.29, 1.82) is 0 Å². The highest BCUT2D eigenvalue weighted by atomic mass is 16.3. The summed E-state index contributed by atoms with van der Waals surface area (Å²) < 4.78 is 1.45. The van der Waals surface area contributed by atoms with E-state index in [0.717, 1.165) is 24.9 Å². The van der Waals surface area contributed by atoms with Gasteiger partial charge in [-0.25, -0.2) is 4.98 Å². The lowest BCUT2D eigenvalue weighted by molar-refractivity contribution is -0.136. The number of likely N-dealkylation sites (tertiary alicyclic amines) is 1. The number of carbonyl (C=O) groups is 1. The van der Waals surface area contributed by atoms with Crippen molar-refractivity contribution in [3.05, 3.63) is 58.6 Å². The lowest BCUT2D eigenvalue weighted by atomic mass is 9.90. The molecule has 2 fully saturated rings. The molecule has 2 unspecified atom stereocenters. The number of amides is 1. The van der Waals surface area contributed by atoms with Crippen molar-refractivity contribution in [3.63, 3.8) is 0 Å². The summed E-state index contributed by atoms with van der Waals surface area (Å²) >= 11 is 0. The minimum atomic E-state index is -1.05. The van der Waals surface area contributed by atoms with Crippen molar-refractivity contribution in [2.75, 3.05) is 31.1 Å². The highest BCUT2D eigenvalue weighted by molar-refractivity contribution is 5.77. The molecule has 2 aromatic rings. The molecule has 178 valence electrons. The molecule has 8 heteroatoms. The molecule has 2 saturated heterocycles. The first-order valence-electron chi connectivity index (χ1n) is 11.9. The van der Waals surface area contributed by atoms with Crippen LogP contribution in [0.3, 0.4) is 0 Å². The van der Waals surface area contributed by atoms with Gasteiger partial charge in [0, 0.05) is 32.1 Å². The minimum Gasteiger partial charge on any atom is -0.394 e. The third-order valence-corrected chi connectivity index (χ3v) is 7.11. The summed E-state index contributed by atoms with van der Waals surface area (Å²) in [5.41, 5.74) is -0.114. The Morgan fingerprint density at radius 1 is 1.21 bits per heavy atom. The second-order valence-corrected chi connectivity index (χ2v) is 9.51. The van der Waals surface area contributed by atoms with Crippen LogP contribution in [-0.2, 0) is 11.3 Å². The van der Waals surface area contributed by atoms with Gasteiger partial charge in [0.15, 0.2) is 0 Å². The molecule has 2 aliphatic heterocycles. The van der Waals surface area contributed by atoms with Crippen LogP contribution in [0.25, 0.3) is 0 Å². The third-order valence-electron chi connectivity index (χ3n) is 7.11. The Bertz CT molecular complexity index is 1000. The minimum absolute atomic E-state index is 0.00316. The Morgan fingerprint density at radius 2 is 1.94 bits per heavy atom. The largest absolute Gasteiger partial charge is 0.394 e. The Hall–Kier alpha value is -2.71. The SMILES string of the molecule is CC(CC(=O)N1CCC(O)(Cn2cnc(N3CCCC3CO)cc2=O)CC1)c1ccccc1. The summed E-state index contributed by atoms with van der Waals surface area (Å²) in [6.45, 7) is 3.99. The smallest absolute Gasteiger partial charge is 0.255 e. The summed E-state index contributed by atoms with van der Waals surface area (Å²) in [6, 6.07) is 11.5. The summed E-state index contributed by atoms with van der Waals surface area (Å²) in [4.78, 5) is 33.7. The van der Waals surface area contributed by atoms with Gasteiger partial charge >= 0.3 is 0 Å². The average molecular weight is 455 g/mol. The zero-order valence-corrected chi connectivity index (χ0v) is 19.3. The van der Waals surface area contributed by atoms with Crippen molar-refractivity contribution in [1.82, 2.24) is 14.5 Å². The van der Waals surface area contributed by atoms with Crippen LogP contribution in [0.4, 0.5) is 5.82 Å². The maximum atomic E-state index is 12.8. The lowest BCUT2D eigenvalue weighted by Gasteiger charge is -2.38. The van der Waals surface area contributed by atoms with Gasteiger partial charge in [-0.1, -0.05) is 37.3 Å². The zero-order valence-electron chi connectivity index (χ0n) is 19.3. The number of anilines is 1. The van der Waals surface area contributed by atoms with E-state index in [0.29, 0.717) is 38.2 Å². The van der Waals surface area contributed by atoms with Crippen LogP contribution in [0, 0.1) is 0 Å². The van der Waals surface area contributed by atoms with E-state index in [4.69, 9.17) is 0 Å². The fourth-order valence-corrected chi connectivity index (χ4v) is 4.96. The fraction of sp³-hybridized carbons (Fsp3) is 0.560. The molecule has 4 rings (SSSR count). The maximum absolute atomic E-state index is 12.8. The number of aliphatic hydroxyl groups is 2. The number of aliphatic hydroxyl groups excluding tert-OH is 1. The van der Waals surface area contributed by atoms with Crippen LogP contribution in [0.15, 0.2) is 47.5 Å². The molecular weight excluding hydrogens is 420 g/mol. The Morgan fingerprint density at radius 3 is 2.61 bits per heavy atom. The van der Waals surface area contributed by atoms with E-state index >= 15 is 0 Å². The normalized spacial score (nSPS) is 21.2. The van der Waals surface area contributed by atoms with E-state index in [1.165, 1.54) is 17.0 Å². The van der Waals surface area contributed by atoms with Crippen LogP contribution in [-0.4, -0.2) is 68.5 Å². The molecule has 0 bridgehead atoms. The standard InChI is InChI=1S/C25H34N4O4/c1-19(20-6-3-2-4-7-20)14-23(31)27-12-9-25(33,10-13-27)17-28-18-26-22(15-24(28)32)29-11-5-8-21(29)16-30/h2-4,6-7,15,18-19,21,30,33H,5,8-14,16-17H2,1H3. The molecule has 0 aliphatic carbocycles. The first kappa shape index (κ1) is 23.4. The molecule has 1 aromatic heterocycles. The van der Waals surface area contributed by atoms with E-state index in [1.807, 2.05) is 40.1 Å². The third kappa shape index (κ3) is 5.45. The molecule has 2 N–H and O–H groups in total. The zero-order chi connectivity index (χ0) is 23.4. The van der Waals surface area contributed by atoms with Crippen LogP contribution in [0.5, 0.6) is 0 Å². The molecule has 0 spiro atoms. The number of aromatic nitrogens is 2. The maximum Gasteiger partial charge on any atom is 0.255 e. The number of benzene rings is 1. The number of hydrogen-bond donors (Lipinski definition) is 2. The van der Waals surface area contributed by atoms with Crippen LogP contribution in [0.2, 0.25) is 0 Å². The van der Waals surface area contributed by atoms with E-state index in [2.05, 4.69) is 11.9 Å². The highest BCUT2D eigenvalue weighted by Crippen LogP contribution is 2.27. The molecule has 1 amide bonds. The van der Waals surface area contributed by atoms with E-state index in [9.17, 15) is 19.8 Å². The Kier molecular flexibility index (Phi) is 7.14. The number of nitrogens with zero attached hydrogens (tertiary/aromatic N) is 4. The molecule has 8 nitrogen and oxygen atoms in total. The number of hydrogen-bond acceptors (Lipinski definition) is 6. The molecule has 2 atom stereocenters. The predicted molar refractivity (Wildman–Crippen MR) is 126 cm³/mol. The van der Waals surface area contributed by atoms with Crippen molar-refractivity contribution >= 4 is 11.7 Å².